The first-order chi connectivity index (χ1) is 9.01. The zero-order valence-corrected chi connectivity index (χ0v) is 10.8. The van der Waals surface area contributed by atoms with Gasteiger partial charge in [-0.15, -0.1) is 0 Å². The molecule has 3 heterocycles. The highest BCUT2D eigenvalue weighted by molar-refractivity contribution is 5.97. The fraction of sp³-hybridized carbons (Fsp3) is 0.462. The number of hydrogen-bond acceptors (Lipinski definition) is 4. The molecular formula is C13H16N4O2. The molecule has 0 unspecified atom stereocenters. The van der Waals surface area contributed by atoms with Gasteiger partial charge in [0.15, 0.2) is 5.84 Å². The van der Waals surface area contributed by atoms with Gasteiger partial charge in [0.05, 0.1) is 0 Å². The van der Waals surface area contributed by atoms with Crippen LogP contribution in [0.1, 0.15) is 12.6 Å². The highest BCUT2D eigenvalue weighted by Gasteiger charge is 2.53. The van der Waals surface area contributed by atoms with Crippen molar-refractivity contribution in [2.24, 2.45) is 5.41 Å². The Hall–Kier alpha value is -2.11. The molecule has 3 rings (SSSR count). The van der Waals surface area contributed by atoms with Crippen LogP contribution in [-0.4, -0.2) is 57.8 Å². The minimum absolute atomic E-state index is 0.0346. The number of nitrogens with one attached hydrogen (secondary N) is 1. The van der Waals surface area contributed by atoms with Gasteiger partial charge < -0.3 is 14.9 Å². The molecule has 2 aliphatic rings. The summed E-state index contributed by atoms with van der Waals surface area (Å²) in [6, 6.07) is 3.17. The molecule has 0 aliphatic carbocycles. The van der Waals surface area contributed by atoms with Gasteiger partial charge in [-0.2, -0.15) is 0 Å². The number of carbonyl (C=O) groups is 1. The predicted molar refractivity (Wildman–Crippen MR) is 69.0 cm³/mol. The van der Waals surface area contributed by atoms with E-state index in [-0.39, 0.29) is 22.9 Å². The van der Waals surface area contributed by atoms with Crippen LogP contribution in [0.4, 0.5) is 0 Å². The summed E-state index contributed by atoms with van der Waals surface area (Å²) in [6.45, 7) is 4.65. The average molecular weight is 260 g/mol. The third-order valence-corrected chi connectivity index (χ3v) is 3.88. The second kappa shape index (κ2) is 3.94. The minimum atomic E-state index is 0.0346. The molecule has 6 nitrogen and oxygen atoms in total. The number of hydrogen-bond donors (Lipinski definition) is 2. The van der Waals surface area contributed by atoms with Gasteiger partial charge in [0.25, 0.3) is 0 Å². The van der Waals surface area contributed by atoms with Gasteiger partial charge in [0.2, 0.25) is 5.91 Å². The lowest BCUT2D eigenvalue weighted by molar-refractivity contribution is -0.150. The Labute approximate surface area is 111 Å². The summed E-state index contributed by atoms with van der Waals surface area (Å²) in [5.74, 6) is 0.402. The predicted octanol–water partition coefficient (Wildman–Crippen LogP) is 0.277. The smallest absolute Gasteiger partial charge is 0.219 e. The number of nitrogens with zero attached hydrogens (tertiary/aromatic N) is 3. The summed E-state index contributed by atoms with van der Waals surface area (Å²) in [7, 11) is 0. The van der Waals surface area contributed by atoms with Crippen LogP contribution >= 0.6 is 0 Å². The van der Waals surface area contributed by atoms with E-state index >= 15 is 0 Å². The number of likely N-dealkylation sites (tertiary alicyclic amines) is 2. The van der Waals surface area contributed by atoms with Crippen LogP contribution in [0.5, 0.6) is 5.75 Å². The first-order valence-electron chi connectivity index (χ1n) is 6.24. The zero-order valence-electron chi connectivity index (χ0n) is 10.8. The molecule has 0 radical (unpaired) electrons. The molecule has 2 fully saturated rings. The second-order valence-corrected chi connectivity index (χ2v) is 5.45. The van der Waals surface area contributed by atoms with Crippen molar-refractivity contribution in [3.63, 3.8) is 0 Å². The molecule has 100 valence electrons. The fourth-order valence-corrected chi connectivity index (χ4v) is 2.84. The Kier molecular flexibility index (Phi) is 2.48. The summed E-state index contributed by atoms with van der Waals surface area (Å²) in [4.78, 5) is 18.9. The van der Waals surface area contributed by atoms with Gasteiger partial charge in [-0.25, -0.2) is 4.98 Å². The summed E-state index contributed by atoms with van der Waals surface area (Å²) in [5.41, 5.74) is 0.475. The van der Waals surface area contributed by atoms with E-state index in [2.05, 4.69) is 4.98 Å². The third kappa shape index (κ3) is 1.83. The van der Waals surface area contributed by atoms with E-state index in [1.807, 2.05) is 9.80 Å². The maximum absolute atomic E-state index is 11.2. The van der Waals surface area contributed by atoms with E-state index in [0.29, 0.717) is 5.69 Å². The molecule has 19 heavy (non-hydrogen) atoms. The quantitative estimate of drug-likeness (QED) is 0.561. The summed E-state index contributed by atoms with van der Waals surface area (Å²) < 4.78 is 0. The first-order valence-corrected chi connectivity index (χ1v) is 6.24. The van der Waals surface area contributed by atoms with Gasteiger partial charge in [0, 0.05) is 44.7 Å². The van der Waals surface area contributed by atoms with E-state index in [1.165, 1.54) is 6.07 Å². The van der Waals surface area contributed by atoms with E-state index in [1.54, 1.807) is 19.2 Å². The Balaban J connectivity index is 1.62. The molecule has 6 heteroatoms. The molecule has 1 aromatic rings. The molecule has 0 atom stereocenters. The van der Waals surface area contributed by atoms with Gasteiger partial charge in [-0.05, 0) is 12.1 Å². The second-order valence-electron chi connectivity index (χ2n) is 5.45. The van der Waals surface area contributed by atoms with Crippen molar-refractivity contribution in [2.45, 2.75) is 6.92 Å². The maximum atomic E-state index is 11.2. The van der Waals surface area contributed by atoms with E-state index in [9.17, 15) is 9.90 Å². The third-order valence-electron chi connectivity index (χ3n) is 3.88. The summed E-state index contributed by atoms with van der Waals surface area (Å²) in [6.07, 6.45) is 1.57. The van der Waals surface area contributed by atoms with Crippen molar-refractivity contribution >= 4 is 11.7 Å². The molecule has 1 aromatic heterocycles. The number of aromatic hydroxyl groups is 1. The Morgan fingerprint density at radius 2 is 2.00 bits per heavy atom. The summed E-state index contributed by atoms with van der Waals surface area (Å²) in [5, 5.41) is 17.7. The van der Waals surface area contributed by atoms with Gasteiger partial charge >= 0.3 is 0 Å². The Morgan fingerprint density at radius 3 is 2.58 bits per heavy atom. The monoisotopic (exact) mass is 260 g/mol. The molecule has 0 bridgehead atoms. The van der Waals surface area contributed by atoms with Crippen LogP contribution in [0.25, 0.3) is 0 Å². The number of amides is 1. The highest BCUT2D eigenvalue weighted by Crippen LogP contribution is 2.40. The number of carbonyl (C=O) groups excluding carboxylic acids is 1. The lowest BCUT2D eigenvalue weighted by Gasteiger charge is -2.60. The standard InChI is InChI=1S/C13H16N4O2/c1-9(18)16-5-13(6-16)7-17(8-13)12(14)11-10(19)3-2-4-15-11/h2-4,14,19H,5-8H2,1H3. The number of pyridine rings is 1. The molecular weight excluding hydrogens is 244 g/mol. The van der Waals surface area contributed by atoms with Crippen molar-refractivity contribution in [1.82, 2.24) is 14.8 Å². The number of rotatable bonds is 1. The van der Waals surface area contributed by atoms with E-state index in [4.69, 9.17) is 5.41 Å². The van der Waals surface area contributed by atoms with Crippen LogP contribution in [0.3, 0.4) is 0 Å². The largest absolute Gasteiger partial charge is 0.506 e. The van der Waals surface area contributed by atoms with Crippen LogP contribution in [0.2, 0.25) is 0 Å². The topological polar surface area (TPSA) is 80.5 Å². The van der Waals surface area contributed by atoms with Crippen molar-refractivity contribution in [3.05, 3.63) is 24.0 Å². The SMILES string of the molecule is CC(=O)N1CC2(CN(C(=N)c3ncccc3O)C2)C1. The minimum Gasteiger partial charge on any atom is -0.506 e. The van der Waals surface area contributed by atoms with Crippen LogP contribution < -0.4 is 0 Å². The lowest BCUT2D eigenvalue weighted by Crippen LogP contribution is -2.73. The van der Waals surface area contributed by atoms with E-state index in [0.717, 1.165) is 26.2 Å². The molecule has 2 N–H and O–H groups in total. The molecule has 2 aliphatic heterocycles. The average Bonchev–Trinajstić information content (AvgIpc) is 2.25. The van der Waals surface area contributed by atoms with E-state index < -0.39 is 0 Å². The highest BCUT2D eigenvalue weighted by atomic mass is 16.3. The van der Waals surface area contributed by atoms with Crippen molar-refractivity contribution in [2.75, 3.05) is 26.2 Å². The van der Waals surface area contributed by atoms with Crippen LogP contribution in [0.15, 0.2) is 18.3 Å². The summed E-state index contributed by atoms with van der Waals surface area (Å²) >= 11 is 0. The molecule has 2 saturated heterocycles. The molecule has 0 aromatic carbocycles. The van der Waals surface area contributed by atoms with Crippen molar-refractivity contribution in [3.8, 4) is 5.75 Å². The molecule has 1 amide bonds. The lowest BCUT2D eigenvalue weighted by atomic mass is 9.72. The van der Waals surface area contributed by atoms with Gasteiger partial charge in [-0.3, -0.25) is 10.2 Å². The van der Waals surface area contributed by atoms with Gasteiger partial charge in [0.1, 0.15) is 11.4 Å². The fourth-order valence-electron chi connectivity index (χ4n) is 2.84. The maximum Gasteiger partial charge on any atom is 0.219 e. The van der Waals surface area contributed by atoms with Crippen LogP contribution in [0, 0.1) is 10.8 Å². The van der Waals surface area contributed by atoms with Crippen LogP contribution in [-0.2, 0) is 4.79 Å². The Morgan fingerprint density at radius 1 is 1.37 bits per heavy atom. The van der Waals surface area contributed by atoms with Crippen molar-refractivity contribution in [1.29, 1.82) is 5.41 Å². The zero-order chi connectivity index (χ0) is 13.6. The molecule has 1 spiro atoms. The van der Waals surface area contributed by atoms with Gasteiger partial charge in [-0.1, -0.05) is 0 Å². The first kappa shape index (κ1) is 12.0. The number of amidine groups is 1. The normalized spacial score (nSPS) is 19.8. The number of aromatic nitrogens is 1. The van der Waals surface area contributed by atoms with Crippen molar-refractivity contribution < 1.29 is 9.90 Å². The molecule has 0 saturated carbocycles. The Bertz CT molecular complexity index is 543.